The second kappa shape index (κ2) is 4.85. The van der Waals surface area contributed by atoms with Crippen LogP contribution < -0.4 is 5.32 Å². The normalized spacial score (nSPS) is 23.1. The Bertz CT molecular complexity index is 411. The van der Waals surface area contributed by atoms with Crippen LogP contribution >= 0.6 is 11.3 Å². The Hall–Kier alpha value is -0.390. The van der Waals surface area contributed by atoms with E-state index in [-0.39, 0.29) is 0 Å². The molecule has 90 valence electrons. The predicted octanol–water partition coefficient (Wildman–Crippen LogP) is 1.98. The topological polar surface area (TPSA) is 46.2 Å². The van der Waals surface area contributed by atoms with Gasteiger partial charge < -0.3 is 5.32 Å². The van der Waals surface area contributed by atoms with Gasteiger partial charge in [0, 0.05) is 12.1 Å². The van der Waals surface area contributed by atoms with Crippen molar-refractivity contribution in [3.05, 3.63) is 22.4 Å². The molecule has 1 aliphatic rings. The molecule has 0 bridgehead atoms. The molecule has 2 rings (SSSR count). The summed E-state index contributed by atoms with van der Waals surface area (Å²) >= 11 is 1.69. The number of sulfone groups is 1. The third-order valence-electron chi connectivity index (χ3n) is 3.08. The van der Waals surface area contributed by atoms with Crippen LogP contribution in [-0.2, 0) is 9.84 Å². The van der Waals surface area contributed by atoms with Crippen LogP contribution in [0.5, 0.6) is 0 Å². The van der Waals surface area contributed by atoms with Crippen LogP contribution in [0.25, 0.3) is 0 Å². The highest BCUT2D eigenvalue weighted by molar-refractivity contribution is 7.91. The number of hydrogen-bond acceptors (Lipinski definition) is 4. The van der Waals surface area contributed by atoms with Gasteiger partial charge in [-0.05, 0) is 42.2 Å². The third kappa shape index (κ3) is 3.06. The van der Waals surface area contributed by atoms with Crippen LogP contribution in [0.4, 0.5) is 0 Å². The molecule has 1 unspecified atom stereocenters. The fourth-order valence-corrected chi connectivity index (χ4v) is 4.27. The van der Waals surface area contributed by atoms with Crippen LogP contribution in [0.2, 0.25) is 0 Å². The largest absolute Gasteiger partial charge is 0.307 e. The first-order chi connectivity index (χ1) is 7.57. The van der Waals surface area contributed by atoms with E-state index < -0.39 is 9.84 Å². The zero-order valence-electron chi connectivity index (χ0n) is 9.35. The van der Waals surface area contributed by atoms with Crippen molar-refractivity contribution in [1.29, 1.82) is 0 Å². The molecule has 1 atom stereocenters. The van der Waals surface area contributed by atoms with Crippen molar-refractivity contribution in [3.63, 3.8) is 0 Å². The van der Waals surface area contributed by atoms with E-state index in [1.807, 2.05) is 0 Å². The Morgan fingerprint density at radius 2 is 2.12 bits per heavy atom. The van der Waals surface area contributed by atoms with E-state index in [1.165, 1.54) is 5.56 Å². The number of rotatable bonds is 3. The predicted molar refractivity (Wildman–Crippen MR) is 67.5 cm³/mol. The second-order valence-corrected chi connectivity index (χ2v) is 7.45. The molecule has 2 heterocycles. The van der Waals surface area contributed by atoms with Crippen molar-refractivity contribution in [2.45, 2.75) is 31.8 Å². The molecule has 5 heteroatoms. The molecule has 3 nitrogen and oxygen atoms in total. The van der Waals surface area contributed by atoms with Crippen LogP contribution in [0.1, 0.15) is 31.4 Å². The summed E-state index contributed by atoms with van der Waals surface area (Å²) < 4.78 is 22.6. The van der Waals surface area contributed by atoms with Crippen molar-refractivity contribution in [3.8, 4) is 0 Å². The highest BCUT2D eigenvalue weighted by Gasteiger charge is 2.24. The van der Waals surface area contributed by atoms with E-state index in [9.17, 15) is 8.42 Å². The Labute approximate surface area is 101 Å². The molecular weight excluding hydrogens is 242 g/mol. The Morgan fingerprint density at radius 3 is 2.69 bits per heavy atom. The average molecular weight is 259 g/mol. The first kappa shape index (κ1) is 12.1. The molecular formula is C11H17NO2S2. The van der Waals surface area contributed by atoms with Crippen molar-refractivity contribution in [2.75, 3.05) is 11.5 Å². The van der Waals surface area contributed by atoms with Gasteiger partial charge in [-0.25, -0.2) is 8.42 Å². The van der Waals surface area contributed by atoms with Gasteiger partial charge in [-0.15, -0.1) is 0 Å². The zero-order chi connectivity index (χ0) is 11.6. The fourth-order valence-electron chi connectivity index (χ4n) is 2.03. The summed E-state index contributed by atoms with van der Waals surface area (Å²) in [4.78, 5) is 0. The molecule has 0 aliphatic carbocycles. The van der Waals surface area contributed by atoms with Gasteiger partial charge in [0.25, 0.3) is 0 Å². The second-order valence-electron chi connectivity index (χ2n) is 4.37. The standard InChI is InChI=1S/C11H17NO2S2/c1-9(10-2-5-15-8-10)12-11-3-6-16(13,14)7-4-11/h2,5,8-9,11-12H,3-4,6-7H2,1H3. The fraction of sp³-hybridized carbons (Fsp3) is 0.636. The van der Waals surface area contributed by atoms with Crippen LogP contribution in [-0.4, -0.2) is 26.0 Å². The lowest BCUT2D eigenvalue weighted by atomic mass is 10.1. The van der Waals surface area contributed by atoms with Gasteiger partial charge in [-0.1, -0.05) is 0 Å². The molecule has 1 aromatic heterocycles. The van der Waals surface area contributed by atoms with E-state index in [0.717, 1.165) is 12.8 Å². The van der Waals surface area contributed by atoms with Crippen LogP contribution in [0, 0.1) is 0 Å². The minimum Gasteiger partial charge on any atom is -0.307 e. The third-order valence-corrected chi connectivity index (χ3v) is 5.50. The molecule has 0 saturated carbocycles. The van der Waals surface area contributed by atoms with Gasteiger partial charge in [0.2, 0.25) is 0 Å². The first-order valence-electron chi connectivity index (χ1n) is 5.55. The maximum Gasteiger partial charge on any atom is 0.150 e. The Morgan fingerprint density at radius 1 is 1.44 bits per heavy atom. The van der Waals surface area contributed by atoms with E-state index in [1.54, 1.807) is 11.3 Å². The van der Waals surface area contributed by atoms with Crippen LogP contribution in [0.3, 0.4) is 0 Å². The molecule has 0 aromatic carbocycles. The van der Waals surface area contributed by atoms with Crippen LogP contribution in [0.15, 0.2) is 16.8 Å². The minimum atomic E-state index is -2.74. The highest BCUT2D eigenvalue weighted by atomic mass is 32.2. The van der Waals surface area contributed by atoms with Gasteiger partial charge in [0.15, 0.2) is 0 Å². The lowest BCUT2D eigenvalue weighted by molar-refractivity contribution is 0.420. The smallest absolute Gasteiger partial charge is 0.150 e. The molecule has 0 amide bonds. The van der Waals surface area contributed by atoms with Crippen molar-refractivity contribution in [1.82, 2.24) is 5.32 Å². The molecule has 1 saturated heterocycles. The van der Waals surface area contributed by atoms with Gasteiger partial charge >= 0.3 is 0 Å². The number of nitrogens with one attached hydrogen (secondary N) is 1. The minimum absolute atomic E-state index is 0.317. The van der Waals surface area contributed by atoms with Crippen molar-refractivity contribution in [2.24, 2.45) is 0 Å². The van der Waals surface area contributed by atoms with Gasteiger partial charge in [-0.2, -0.15) is 11.3 Å². The van der Waals surface area contributed by atoms with E-state index in [4.69, 9.17) is 0 Å². The summed E-state index contributed by atoms with van der Waals surface area (Å²) in [5, 5.41) is 7.71. The van der Waals surface area contributed by atoms with Crippen molar-refractivity contribution < 1.29 is 8.42 Å². The molecule has 1 aliphatic heterocycles. The van der Waals surface area contributed by atoms with Gasteiger partial charge in [-0.3, -0.25) is 0 Å². The number of hydrogen-bond donors (Lipinski definition) is 1. The highest BCUT2D eigenvalue weighted by Crippen LogP contribution is 2.19. The summed E-state index contributed by atoms with van der Waals surface area (Å²) in [5.41, 5.74) is 1.29. The summed E-state index contributed by atoms with van der Waals surface area (Å²) in [5.74, 6) is 0.669. The molecule has 0 spiro atoms. The maximum atomic E-state index is 11.3. The lowest BCUT2D eigenvalue weighted by Crippen LogP contribution is -2.38. The quantitative estimate of drug-likeness (QED) is 0.903. The van der Waals surface area contributed by atoms with E-state index >= 15 is 0 Å². The molecule has 0 radical (unpaired) electrons. The molecule has 1 fully saturated rings. The zero-order valence-corrected chi connectivity index (χ0v) is 11.0. The van der Waals surface area contributed by atoms with E-state index in [2.05, 4.69) is 29.1 Å². The molecule has 16 heavy (non-hydrogen) atoms. The molecule has 1 N–H and O–H groups in total. The summed E-state index contributed by atoms with van der Waals surface area (Å²) in [6.07, 6.45) is 1.49. The summed E-state index contributed by atoms with van der Waals surface area (Å²) in [6, 6.07) is 2.78. The van der Waals surface area contributed by atoms with Gasteiger partial charge in [0.05, 0.1) is 11.5 Å². The number of thiophene rings is 1. The summed E-state index contributed by atoms with van der Waals surface area (Å²) in [7, 11) is -2.74. The first-order valence-corrected chi connectivity index (χ1v) is 8.32. The Kier molecular flexibility index (Phi) is 3.66. The lowest BCUT2D eigenvalue weighted by Gasteiger charge is -2.26. The van der Waals surface area contributed by atoms with E-state index in [0.29, 0.717) is 23.6 Å². The average Bonchev–Trinajstić information content (AvgIpc) is 2.74. The monoisotopic (exact) mass is 259 g/mol. The SMILES string of the molecule is CC(NC1CCS(=O)(=O)CC1)c1ccsc1. The van der Waals surface area contributed by atoms with Gasteiger partial charge in [0.1, 0.15) is 9.84 Å². The maximum absolute atomic E-state index is 11.3. The molecule has 1 aromatic rings. The summed E-state index contributed by atoms with van der Waals surface area (Å²) in [6.45, 7) is 2.13. The van der Waals surface area contributed by atoms with Crippen molar-refractivity contribution >= 4 is 21.2 Å². The Balaban J connectivity index is 1.87.